The number of furan rings is 2. The van der Waals surface area contributed by atoms with Gasteiger partial charge in [0.15, 0.2) is 0 Å². The summed E-state index contributed by atoms with van der Waals surface area (Å²) >= 11 is 0. The largest absolute Gasteiger partial charge is 0.481 e. The molecular formula is C14H14O6. The van der Waals surface area contributed by atoms with E-state index in [9.17, 15) is 9.59 Å². The van der Waals surface area contributed by atoms with Crippen molar-refractivity contribution < 1.29 is 28.6 Å². The van der Waals surface area contributed by atoms with Crippen molar-refractivity contribution in [1.82, 2.24) is 0 Å². The summed E-state index contributed by atoms with van der Waals surface area (Å²) in [6.07, 6.45) is 5.04. The predicted molar refractivity (Wildman–Crippen MR) is 67.0 cm³/mol. The Bertz CT molecular complexity index is 525. The van der Waals surface area contributed by atoms with E-state index in [0.717, 1.165) is 0 Å². The van der Waals surface area contributed by atoms with Crippen molar-refractivity contribution in [2.45, 2.75) is 12.3 Å². The van der Waals surface area contributed by atoms with Crippen LogP contribution < -0.4 is 0 Å². The quantitative estimate of drug-likeness (QED) is 0.894. The molecule has 2 N–H and O–H groups in total. The van der Waals surface area contributed by atoms with Crippen molar-refractivity contribution >= 4 is 11.9 Å². The molecule has 2 heterocycles. The molecule has 1 fully saturated rings. The van der Waals surface area contributed by atoms with Crippen LogP contribution in [-0.2, 0) is 9.59 Å². The number of carboxylic acid groups (broad SMARTS) is 2. The van der Waals surface area contributed by atoms with E-state index in [1.165, 1.54) is 6.26 Å². The Labute approximate surface area is 114 Å². The molecule has 0 aliphatic heterocycles. The number of rotatable bonds is 3. The highest BCUT2D eigenvalue weighted by atomic mass is 16.4. The lowest BCUT2D eigenvalue weighted by Crippen LogP contribution is -2.44. The first-order chi connectivity index (χ1) is 9.61. The molecule has 0 radical (unpaired) electrons. The lowest BCUT2D eigenvalue weighted by molar-refractivity contribution is -0.162. The normalized spacial score (nSPS) is 24.1. The van der Waals surface area contributed by atoms with Crippen molar-refractivity contribution in [1.29, 1.82) is 0 Å². The van der Waals surface area contributed by atoms with Crippen molar-refractivity contribution in [2.24, 2.45) is 11.8 Å². The van der Waals surface area contributed by atoms with Crippen molar-refractivity contribution in [3.63, 3.8) is 0 Å². The lowest BCUT2D eigenvalue weighted by atomic mass is 9.63. The van der Waals surface area contributed by atoms with Gasteiger partial charge in [0.05, 0.1) is 30.6 Å². The van der Waals surface area contributed by atoms with Crippen molar-refractivity contribution in [3.8, 4) is 0 Å². The van der Waals surface area contributed by atoms with Crippen LogP contribution in [0, 0.1) is 11.8 Å². The third-order valence-electron chi connectivity index (χ3n) is 3.31. The van der Waals surface area contributed by atoms with E-state index in [1.807, 2.05) is 12.1 Å². The second kappa shape index (κ2) is 6.10. The summed E-state index contributed by atoms with van der Waals surface area (Å²) in [4.78, 5) is 21.6. The Balaban J connectivity index is 0.000000247. The fourth-order valence-corrected chi connectivity index (χ4v) is 2.27. The van der Waals surface area contributed by atoms with E-state index in [4.69, 9.17) is 14.6 Å². The van der Waals surface area contributed by atoms with Crippen molar-refractivity contribution in [3.05, 3.63) is 48.8 Å². The zero-order valence-electron chi connectivity index (χ0n) is 10.5. The van der Waals surface area contributed by atoms with Gasteiger partial charge in [0.1, 0.15) is 5.76 Å². The van der Waals surface area contributed by atoms with Gasteiger partial charge in [-0.05, 0) is 30.7 Å². The van der Waals surface area contributed by atoms with Gasteiger partial charge < -0.3 is 19.0 Å². The van der Waals surface area contributed by atoms with E-state index in [2.05, 4.69) is 4.42 Å². The zero-order chi connectivity index (χ0) is 14.5. The fraction of sp³-hybridized carbons (Fsp3) is 0.286. The summed E-state index contributed by atoms with van der Waals surface area (Å²) in [5.74, 6) is -3.54. The standard InChI is InChI=1S/C10H10O5.C4H4O/c11-9(12)6-4-5(8(6)10(13)14)7-2-1-3-15-7;1-2-4-5-3-1/h1-3,5-6,8H,4H2,(H,11,12)(H,13,14);1-4H/t5-,6?,8?;/m1./s1. The first-order valence-corrected chi connectivity index (χ1v) is 6.07. The minimum Gasteiger partial charge on any atom is -0.481 e. The van der Waals surface area contributed by atoms with Gasteiger partial charge in [-0.3, -0.25) is 9.59 Å². The Hall–Kier alpha value is -2.50. The fourth-order valence-electron chi connectivity index (χ4n) is 2.27. The van der Waals surface area contributed by atoms with E-state index in [1.54, 1.807) is 24.7 Å². The second-order valence-electron chi connectivity index (χ2n) is 4.46. The first-order valence-electron chi connectivity index (χ1n) is 6.07. The maximum atomic E-state index is 10.9. The minimum absolute atomic E-state index is 0.307. The van der Waals surface area contributed by atoms with Crippen LogP contribution in [0.25, 0.3) is 0 Å². The van der Waals surface area contributed by atoms with Gasteiger partial charge in [0, 0.05) is 5.92 Å². The van der Waals surface area contributed by atoms with E-state index in [0.29, 0.717) is 12.2 Å². The molecule has 0 saturated heterocycles. The summed E-state index contributed by atoms with van der Waals surface area (Å²) in [5.41, 5.74) is 0. The average Bonchev–Trinajstić information content (AvgIpc) is 3.02. The third-order valence-corrected chi connectivity index (χ3v) is 3.31. The highest BCUT2D eigenvalue weighted by Gasteiger charge is 2.51. The lowest BCUT2D eigenvalue weighted by Gasteiger charge is -2.37. The number of carboxylic acids is 2. The zero-order valence-corrected chi connectivity index (χ0v) is 10.5. The molecule has 3 rings (SSSR count). The Morgan fingerprint density at radius 3 is 2.15 bits per heavy atom. The smallest absolute Gasteiger partial charge is 0.308 e. The number of aliphatic carboxylic acids is 2. The molecule has 0 spiro atoms. The third kappa shape index (κ3) is 2.90. The molecule has 3 atom stereocenters. The Morgan fingerprint density at radius 1 is 1.05 bits per heavy atom. The van der Waals surface area contributed by atoms with Gasteiger partial charge in [0.2, 0.25) is 0 Å². The van der Waals surface area contributed by atoms with Gasteiger partial charge >= 0.3 is 11.9 Å². The van der Waals surface area contributed by atoms with Crippen LogP contribution in [-0.4, -0.2) is 22.2 Å². The van der Waals surface area contributed by atoms with Gasteiger partial charge in [-0.1, -0.05) is 0 Å². The Morgan fingerprint density at radius 2 is 1.75 bits per heavy atom. The van der Waals surface area contributed by atoms with Crippen LogP contribution in [0.5, 0.6) is 0 Å². The number of hydrogen-bond donors (Lipinski definition) is 2. The highest BCUT2D eigenvalue weighted by molar-refractivity contribution is 5.83. The number of carbonyl (C=O) groups is 2. The molecule has 0 bridgehead atoms. The van der Waals surface area contributed by atoms with Crippen molar-refractivity contribution in [2.75, 3.05) is 0 Å². The minimum atomic E-state index is -1.07. The Kier molecular flexibility index (Phi) is 4.24. The maximum Gasteiger partial charge on any atom is 0.308 e. The first kappa shape index (κ1) is 13.9. The van der Waals surface area contributed by atoms with Crippen LogP contribution >= 0.6 is 0 Å². The number of hydrogen-bond acceptors (Lipinski definition) is 4. The molecule has 1 aliphatic rings. The second-order valence-corrected chi connectivity index (χ2v) is 4.46. The molecule has 0 aromatic carbocycles. The summed E-state index contributed by atoms with van der Waals surface area (Å²) in [6.45, 7) is 0. The van der Waals surface area contributed by atoms with E-state index in [-0.39, 0.29) is 5.92 Å². The van der Waals surface area contributed by atoms with Crippen LogP contribution in [0.15, 0.2) is 51.9 Å². The summed E-state index contributed by atoms with van der Waals surface area (Å²) in [7, 11) is 0. The van der Waals surface area contributed by atoms with Crippen LogP contribution in [0.2, 0.25) is 0 Å². The van der Waals surface area contributed by atoms with Gasteiger partial charge in [-0.15, -0.1) is 0 Å². The molecule has 1 saturated carbocycles. The average molecular weight is 278 g/mol. The van der Waals surface area contributed by atoms with Gasteiger partial charge in [-0.25, -0.2) is 0 Å². The molecule has 106 valence electrons. The van der Waals surface area contributed by atoms with E-state index >= 15 is 0 Å². The SMILES string of the molecule is O=C(O)C1C[C@H](c2ccco2)C1C(=O)O.c1ccoc1. The maximum absolute atomic E-state index is 10.9. The molecular weight excluding hydrogens is 264 g/mol. The van der Waals surface area contributed by atoms with Crippen LogP contribution in [0.4, 0.5) is 0 Å². The van der Waals surface area contributed by atoms with E-state index < -0.39 is 23.8 Å². The molecule has 2 aromatic rings. The monoisotopic (exact) mass is 278 g/mol. The van der Waals surface area contributed by atoms with Gasteiger partial charge in [-0.2, -0.15) is 0 Å². The molecule has 6 heteroatoms. The molecule has 20 heavy (non-hydrogen) atoms. The summed E-state index contributed by atoms with van der Waals surface area (Å²) < 4.78 is 9.67. The molecule has 6 nitrogen and oxygen atoms in total. The molecule has 2 aromatic heterocycles. The topological polar surface area (TPSA) is 101 Å². The molecule has 2 unspecified atom stereocenters. The molecule has 0 amide bonds. The molecule has 1 aliphatic carbocycles. The van der Waals surface area contributed by atoms with Gasteiger partial charge in [0.25, 0.3) is 0 Å². The van der Waals surface area contributed by atoms with Crippen LogP contribution in [0.3, 0.4) is 0 Å². The highest BCUT2D eigenvalue weighted by Crippen LogP contribution is 2.47. The summed E-state index contributed by atoms with van der Waals surface area (Å²) in [5, 5.41) is 17.7. The predicted octanol–water partition coefficient (Wildman–Crippen LogP) is 2.45. The van der Waals surface area contributed by atoms with Crippen LogP contribution in [0.1, 0.15) is 18.1 Å². The summed E-state index contributed by atoms with van der Waals surface area (Å²) in [6, 6.07) is 7.01.